The van der Waals surface area contributed by atoms with Crippen LogP contribution in [0.3, 0.4) is 0 Å². The van der Waals surface area contributed by atoms with Crippen LogP contribution in [0.25, 0.3) is 0 Å². The minimum Gasteiger partial charge on any atom is -0.468 e. The Morgan fingerprint density at radius 2 is 1.75 bits per heavy atom. The maximum atomic E-state index is 13.1. The standard InChI is InChI=1S/C19H19NO4/c1-23-16(21)18-14-10-7-9(10)13-12(15(14)18)8-5-3-4-6-11(8)20-19(13,18)17(22)24-2/h3-6,9-10,12-15,20H,7H2,1-2H3. The molecule has 124 valence electrons. The van der Waals surface area contributed by atoms with Gasteiger partial charge in [-0.25, -0.2) is 4.79 Å². The van der Waals surface area contributed by atoms with E-state index in [1.54, 1.807) is 0 Å². The Bertz CT molecular complexity index is 821. The van der Waals surface area contributed by atoms with Gasteiger partial charge in [0.2, 0.25) is 0 Å². The quantitative estimate of drug-likeness (QED) is 0.840. The molecule has 0 aromatic heterocycles. The predicted molar refractivity (Wildman–Crippen MR) is 84.1 cm³/mol. The van der Waals surface area contributed by atoms with E-state index in [-0.39, 0.29) is 35.6 Å². The lowest BCUT2D eigenvalue weighted by Crippen LogP contribution is -2.65. The second-order valence-electron chi connectivity index (χ2n) is 8.04. The van der Waals surface area contributed by atoms with E-state index in [0.717, 1.165) is 12.1 Å². The van der Waals surface area contributed by atoms with Gasteiger partial charge in [0.25, 0.3) is 0 Å². The van der Waals surface area contributed by atoms with Crippen LogP contribution in [-0.4, -0.2) is 31.7 Å². The van der Waals surface area contributed by atoms with Crippen LogP contribution in [0.4, 0.5) is 5.69 Å². The van der Waals surface area contributed by atoms with E-state index in [9.17, 15) is 9.59 Å². The van der Waals surface area contributed by atoms with E-state index in [1.165, 1.54) is 19.8 Å². The van der Waals surface area contributed by atoms with Crippen molar-refractivity contribution < 1.29 is 19.1 Å². The van der Waals surface area contributed by atoms with E-state index < -0.39 is 11.0 Å². The summed E-state index contributed by atoms with van der Waals surface area (Å²) in [5.41, 5.74) is 0.519. The Hall–Kier alpha value is -2.04. The molecule has 5 heteroatoms. The van der Waals surface area contributed by atoms with Crippen molar-refractivity contribution in [1.29, 1.82) is 0 Å². The van der Waals surface area contributed by atoms with Crippen molar-refractivity contribution in [3.63, 3.8) is 0 Å². The zero-order valence-corrected chi connectivity index (χ0v) is 13.6. The van der Waals surface area contributed by atoms with E-state index in [1.807, 2.05) is 18.2 Å². The van der Waals surface area contributed by atoms with Crippen molar-refractivity contribution in [3.05, 3.63) is 29.8 Å². The second kappa shape index (κ2) is 3.63. The number of esters is 2. The third-order valence-corrected chi connectivity index (χ3v) is 7.75. The Morgan fingerprint density at radius 3 is 2.50 bits per heavy atom. The monoisotopic (exact) mass is 325 g/mol. The number of carbonyl (C=O) groups excluding carboxylic acids is 2. The molecule has 5 nitrogen and oxygen atoms in total. The van der Waals surface area contributed by atoms with Gasteiger partial charge in [-0.15, -0.1) is 0 Å². The molecule has 7 rings (SSSR count). The number of methoxy groups -OCH3 is 2. The van der Waals surface area contributed by atoms with E-state index in [0.29, 0.717) is 11.8 Å². The molecule has 0 amide bonds. The number of hydrogen-bond acceptors (Lipinski definition) is 5. The molecule has 24 heavy (non-hydrogen) atoms. The molecule has 5 aliphatic carbocycles. The largest absolute Gasteiger partial charge is 0.468 e. The molecule has 1 N–H and O–H groups in total. The van der Waals surface area contributed by atoms with Crippen LogP contribution in [0.2, 0.25) is 0 Å². The summed E-state index contributed by atoms with van der Waals surface area (Å²) in [4.78, 5) is 26.1. The van der Waals surface area contributed by atoms with Gasteiger partial charge in [-0.2, -0.15) is 0 Å². The Kier molecular flexibility index (Phi) is 2.01. The number of benzene rings is 1. The first-order valence-corrected chi connectivity index (χ1v) is 8.68. The lowest BCUT2D eigenvalue weighted by atomic mass is 9.60. The number of hydrogen-bond donors (Lipinski definition) is 1. The van der Waals surface area contributed by atoms with Crippen LogP contribution in [0.15, 0.2) is 24.3 Å². The molecule has 1 aliphatic heterocycles. The molecule has 6 aliphatic rings. The summed E-state index contributed by atoms with van der Waals surface area (Å²) in [6.45, 7) is 0. The van der Waals surface area contributed by atoms with Crippen LogP contribution >= 0.6 is 0 Å². The Morgan fingerprint density at radius 1 is 1.04 bits per heavy atom. The first-order valence-electron chi connectivity index (χ1n) is 8.68. The molecule has 1 heterocycles. The second-order valence-corrected chi connectivity index (χ2v) is 8.04. The highest BCUT2D eigenvalue weighted by molar-refractivity contribution is 6.01. The van der Waals surface area contributed by atoms with Crippen molar-refractivity contribution in [2.24, 2.45) is 35.0 Å². The summed E-state index contributed by atoms with van der Waals surface area (Å²) in [5.74, 6) is 1.43. The van der Waals surface area contributed by atoms with Gasteiger partial charge in [-0.05, 0) is 47.6 Å². The summed E-state index contributed by atoms with van der Waals surface area (Å²) in [5, 5.41) is 3.51. The first kappa shape index (κ1) is 13.3. The normalized spacial score (nSPS) is 50.1. The average Bonchev–Trinajstić information content (AvgIpc) is 3.50. The van der Waals surface area contributed by atoms with Gasteiger partial charge < -0.3 is 14.8 Å². The number of nitrogens with one attached hydrogen (secondary N) is 1. The van der Waals surface area contributed by atoms with Crippen molar-refractivity contribution >= 4 is 17.6 Å². The van der Waals surface area contributed by atoms with Gasteiger partial charge in [-0.1, -0.05) is 18.2 Å². The topological polar surface area (TPSA) is 64.6 Å². The predicted octanol–water partition coefficient (Wildman–Crippen LogP) is 1.79. The highest BCUT2D eigenvalue weighted by Crippen LogP contribution is 2.92. The molecule has 6 bridgehead atoms. The summed E-state index contributed by atoms with van der Waals surface area (Å²) < 4.78 is 10.5. The molecule has 8 unspecified atom stereocenters. The van der Waals surface area contributed by atoms with Crippen molar-refractivity contribution in [2.45, 2.75) is 17.9 Å². The minimum atomic E-state index is -0.957. The first-order chi connectivity index (χ1) is 11.6. The van der Waals surface area contributed by atoms with E-state index in [4.69, 9.17) is 9.47 Å². The number of ether oxygens (including phenoxy) is 2. The van der Waals surface area contributed by atoms with Crippen LogP contribution in [-0.2, 0) is 19.1 Å². The number of para-hydroxylation sites is 1. The smallest absolute Gasteiger partial charge is 0.333 e. The Labute approximate surface area is 139 Å². The van der Waals surface area contributed by atoms with Gasteiger partial charge >= 0.3 is 11.9 Å². The minimum absolute atomic E-state index is 0.138. The van der Waals surface area contributed by atoms with Crippen molar-refractivity contribution in [1.82, 2.24) is 0 Å². The van der Waals surface area contributed by atoms with Crippen LogP contribution in [0, 0.1) is 35.0 Å². The molecular formula is C19H19NO4. The highest BCUT2D eigenvalue weighted by Gasteiger charge is 2.98. The summed E-state index contributed by atoms with van der Waals surface area (Å²) >= 11 is 0. The molecule has 0 saturated heterocycles. The molecule has 1 aromatic carbocycles. The van der Waals surface area contributed by atoms with Gasteiger partial charge in [-0.3, -0.25) is 4.79 Å². The fourth-order valence-corrected chi connectivity index (χ4v) is 7.30. The number of carbonyl (C=O) groups is 2. The van der Waals surface area contributed by atoms with Gasteiger partial charge in [0.05, 0.1) is 14.2 Å². The molecule has 0 spiro atoms. The molecular weight excluding hydrogens is 306 g/mol. The summed E-state index contributed by atoms with van der Waals surface area (Å²) in [7, 11) is 2.86. The zero-order valence-electron chi connectivity index (χ0n) is 13.6. The Balaban J connectivity index is 1.66. The lowest BCUT2D eigenvalue weighted by molar-refractivity contribution is -0.164. The van der Waals surface area contributed by atoms with Crippen molar-refractivity contribution in [3.8, 4) is 0 Å². The van der Waals surface area contributed by atoms with Crippen LogP contribution < -0.4 is 5.32 Å². The molecule has 5 saturated carbocycles. The SMILES string of the molecule is COC(=O)C12Nc3ccccc3C3C1C1CC1C1C3C12C(=O)OC. The fourth-order valence-electron chi connectivity index (χ4n) is 7.30. The average molecular weight is 325 g/mol. The van der Waals surface area contributed by atoms with Gasteiger partial charge in [0.1, 0.15) is 5.41 Å². The molecule has 1 aromatic rings. The number of anilines is 1. The lowest BCUT2D eigenvalue weighted by Gasteiger charge is -2.50. The number of fused-ring (bicyclic) bond motifs is 1. The zero-order chi connectivity index (χ0) is 16.4. The van der Waals surface area contributed by atoms with Crippen molar-refractivity contribution in [2.75, 3.05) is 19.5 Å². The highest BCUT2D eigenvalue weighted by atomic mass is 16.5. The van der Waals surface area contributed by atoms with E-state index in [2.05, 4.69) is 11.4 Å². The molecule has 8 atom stereocenters. The summed E-state index contributed by atoms with van der Waals surface area (Å²) in [6.07, 6.45) is 1.13. The maximum absolute atomic E-state index is 13.1. The van der Waals surface area contributed by atoms with Crippen LogP contribution in [0.5, 0.6) is 0 Å². The third kappa shape index (κ3) is 0.994. The van der Waals surface area contributed by atoms with Crippen LogP contribution in [0.1, 0.15) is 17.9 Å². The summed E-state index contributed by atoms with van der Waals surface area (Å²) in [6, 6.07) is 8.17. The van der Waals surface area contributed by atoms with E-state index >= 15 is 0 Å². The molecule has 5 fully saturated rings. The maximum Gasteiger partial charge on any atom is 0.333 e. The van der Waals surface area contributed by atoms with Gasteiger partial charge in [0.15, 0.2) is 5.54 Å². The molecule has 0 radical (unpaired) electrons. The van der Waals surface area contributed by atoms with Gasteiger partial charge in [0, 0.05) is 11.6 Å². The number of rotatable bonds is 2. The third-order valence-electron chi connectivity index (χ3n) is 7.75. The fraction of sp³-hybridized carbons (Fsp3) is 0.579.